The third-order valence-electron chi connectivity index (χ3n) is 1.41. The van der Waals surface area contributed by atoms with Crippen molar-refractivity contribution in [3.63, 3.8) is 0 Å². The van der Waals surface area contributed by atoms with Crippen molar-refractivity contribution >= 4 is 21.6 Å². The molecule has 1 nitrogen and oxygen atoms in total. The highest BCUT2D eigenvalue weighted by atomic mass is 79.9. The molecular weight excluding hydrogens is 240 g/mol. The Morgan fingerprint density at radius 3 is 2.23 bits per heavy atom. The van der Waals surface area contributed by atoms with Crippen LogP contribution in [0.5, 0.6) is 0 Å². The average Bonchev–Trinajstić information content (AvgIpc) is 2.15. The first-order valence-corrected chi connectivity index (χ1v) is 4.73. The molecular formula is C9H12BrF2N. The second kappa shape index (κ2) is 5.17. The summed E-state index contributed by atoms with van der Waals surface area (Å²) in [6, 6.07) is 1.18. The molecule has 0 atom stereocenters. The van der Waals surface area contributed by atoms with Crippen LogP contribution in [0.4, 0.5) is 14.5 Å². The lowest BCUT2D eigenvalue weighted by atomic mass is 10.2. The number of rotatable bonds is 0. The van der Waals surface area contributed by atoms with Crippen LogP contribution >= 0.6 is 15.9 Å². The number of nitrogen functional groups attached to an aromatic ring is 1. The lowest BCUT2D eigenvalue weighted by molar-refractivity contribution is 0.573. The summed E-state index contributed by atoms with van der Waals surface area (Å²) in [4.78, 5) is 0. The fourth-order valence-electron chi connectivity index (χ4n) is 0.727. The van der Waals surface area contributed by atoms with Gasteiger partial charge in [0.25, 0.3) is 0 Å². The Morgan fingerprint density at radius 2 is 1.77 bits per heavy atom. The molecule has 0 unspecified atom stereocenters. The van der Waals surface area contributed by atoms with E-state index < -0.39 is 11.6 Å². The minimum atomic E-state index is -0.734. The Labute approximate surface area is 85.1 Å². The summed E-state index contributed by atoms with van der Waals surface area (Å²) in [7, 11) is 0. The first kappa shape index (κ1) is 12.4. The van der Waals surface area contributed by atoms with Crippen molar-refractivity contribution in [2.75, 3.05) is 5.73 Å². The summed E-state index contributed by atoms with van der Waals surface area (Å²) >= 11 is 2.73. The second-order valence-corrected chi connectivity index (χ2v) is 3.01. The Hall–Kier alpha value is -0.640. The molecule has 74 valence electrons. The maximum Gasteiger partial charge on any atom is 0.163 e. The molecule has 4 heteroatoms. The molecule has 13 heavy (non-hydrogen) atoms. The molecule has 0 spiro atoms. The van der Waals surface area contributed by atoms with E-state index >= 15 is 0 Å². The van der Waals surface area contributed by atoms with Crippen molar-refractivity contribution in [3.8, 4) is 0 Å². The molecule has 2 N–H and O–H groups in total. The van der Waals surface area contributed by atoms with Gasteiger partial charge in [-0.15, -0.1) is 0 Å². The summed E-state index contributed by atoms with van der Waals surface area (Å²) in [6.45, 7) is 5.55. The number of nitrogens with two attached hydrogens (primary N) is 1. The molecule has 1 aromatic rings. The highest BCUT2D eigenvalue weighted by Gasteiger charge is 2.11. The highest BCUT2D eigenvalue weighted by Crippen LogP contribution is 2.26. The monoisotopic (exact) mass is 251 g/mol. The van der Waals surface area contributed by atoms with Gasteiger partial charge in [0.05, 0.1) is 10.2 Å². The number of hydrogen-bond acceptors (Lipinski definition) is 1. The van der Waals surface area contributed by atoms with E-state index in [1.54, 1.807) is 6.92 Å². The van der Waals surface area contributed by atoms with Crippen molar-refractivity contribution in [2.24, 2.45) is 0 Å². The summed E-state index contributed by atoms with van der Waals surface area (Å²) in [6.07, 6.45) is 0. The van der Waals surface area contributed by atoms with Crippen LogP contribution in [0.1, 0.15) is 19.4 Å². The lowest BCUT2D eigenvalue weighted by Gasteiger charge is -2.03. The van der Waals surface area contributed by atoms with Crippen LogP contribution in [0, 0.1) is 18.6 Å². The van der Waals surface area contributed by atoms with Gasteiger partial charge in [-0.1, -0.05) is 13.8 Å². The first-order valence-electron chi connectivity index (χ1n) is 3.93. The second-order valence-electron chi connectivity index (χ2n) is 2.22. The van der Waals surface area contributed by atoms with Crippen LogP contribution in [0.15, 0.2) is 10.5 Å². The Kier molecular flexibility index (Phi) is 4.91. The molecule has 0 aliphatic rings. The van der Waals surface area contributed by atoms with Gasteiger partial charge in [-0.25, -0.2) is 8.78 Å². The van der Waals surface area contributed by atoms with Crippen LogP contribution in [0.25, 0.3) is 0 Å². The molecule has 0 aliphatic heterocycles. The number of halogens is 3. The van der Waals surface area contributed by atoms with Gasteiger partial charge in [0.1, 0.15) is 5.82 Å². The quantitative estimate of drug-likeness (QED) is 0.553. The molecule has 0 aliphatic carbocycles. The molecule has 0 fully saturated rings. The van der Waals surface area contributed by atoms with Crippen LogP contribution in [0.2, 0.25) is 0 Å². The molecule has 0 amide bonds. The number of anilines is 1. The standard InChI is InChI=1S/C7H6BrF2N.C2H6/c1-3-2-4(9)5(8)6(10)7(3)11;1-2/h2H,11H2,1H3;1-2H3. The van der Waals surface area contributed by atoms with E-state index in [1.165, 1.54) is 6.07 Å². The lowest BCUT2D eigenvalue weighted by Crippen LogP contribution is -1.97. The molecule has 0 saturated carbocycles. The minimum absolute atomic E-state index is 0.0155. The zero-order chi connectivity index (χ0) is 10.6. The summed E-state index contributed by atoms with van der Waals surface area (Å²) in [5.74, 6) is -1.36. The molecule has 0 bridgehead atoms. The maximum absolute atomic E-state index is 12.8. The smallest absolute Gasteiger partial charge is 0.163 e. The fourth-order valence-corrected chi connectivity index (χ4v) is 1.06. The van der Waals surface area contributed by atoms with Crippen LogP contribution < -0.4 is 5.73 Å². The molecule has 0 heterocycles. The van der Waals surface area contributed by atoms with E-state index in [2.05, 4.69) is 15.9 Å². The largest absolute Gasteiger partial charge is 0.396 e. The van der Waals surface area contributed by atoms with Gasteiger partial charge in [0.2, 0.25) is 0 Å². The van der Waals surface area contributed by atoms with Crippen molar-refractivity contribution in [2.45, 2.75) is 20.8 Å². The van der Waals surface area contributed by atoms with Gasteiger partial charge in [0.15, 0.2) is 5.82 Å². The number of benzene rings is 1. The van der Waals surface area contributed by atoms with Gasteiger partial charge in [-0.2, -0.15) is 0 Å². The summed E-state index contributed by atoms with van der Waals surface area (Å²) in [5, 5.41) is 0. The van der Waals surface area contributed by atoms with E-state index in [0.29, 0.717) is 5.56 Å². The van der Waals surface area contributed by atoms with Gasteiger partial charge in [0, 0.05) is 0 Å². The number of aryl methyl sites for hydroxylation is 1. The Balaban J connectivity index is 0.000000671. The Bertz CT molecular complexity index is 274. The topological polar surface area (TPSA) is 26.0 Å². The van der Waals surface area contributed by atoms with Crippen LogP contribution in [-0.2, 0) is 0 Å². The van der Waals surface area contributed by atoms with Gasteiger partial charge in [-0.05, 0) is 34.5 Å². The first-order chi connectivity index (χ1) is 6.04. The maximum atomic E-state index is 12.8. The molecule has 0 aromatic heterocycles. The summed E-state index contributed by atoms with van der Waals surface area (Å²) in [5.41, 5.74) is 5.67. The van der Waals surface area contributed by atoms with Gasteiger partial charge >= 0.3 is 0 Å². The zero-order valence-electron chi connectivity index (χ0n) is 7.79. The van der Waals surface area contributed by atoms with Crippen LogP contribution in [0.3, 0.4) is 0 Å². The highest BCUT2D eigenvalue weighted by molar-refractivity contribution is 9.10. The number of hydrogen-bond donors (Lipinski definition) is 1. The molecule has 0 saturated heterocycles. The zero-order valence-corrected chi connectivity index (χ0v) is 9.37. The van der Waals surface area contributed by atoms with E-state index in [9.17, 15) is 8.78 Å². The van der Waals surface area contributed by atoms with Crippen molar-refractivity contribution in [3.05, 3.63) is 27.7 Å². The molecule has 0 radical (unpaired) electrons. The van der Waals surface area contributed by atoms with Crippen molar-refractivity contribution in [1.82, 2.24) is 0 Å². The van der Waals surface area contributed by atoms with Gasteiger partial charge < -0.3 is 5.73 Å². The fraction of sp³-hybridized carbons (Fsp3) is 0.333. The SMILES string of the molecule is CC.Cc1cc(F)c(Br)c(F)c1N. The Morgan fingerprint density at radius 1 is 1.31 bits per heavy atom. The van der Waals surface area contributed by atoms with E-state index in [-0.39, 0.29) is 10.2 Å². The molecule has 1 rings (SSSR count). The summed E-state index contributed by atoms with van der Waals surface area (Å²) < 4.78 is 25.3. The molecule has 1 aromatic carbocycles. The van der Waals surface area contributed by atoms with E-state index in [1.807, 2.05) is 13.8 Å². The minimum Gasteiger partial charge on any atom is -0.396 e. The normalized spacial score (nSPS) is 9.08. The van der Waals surface area contributed by atoms with Gasteiger partial charge in [-0.3, -0.25) is 0 Å². The van der Waals surface area contributed by atoms with Crippen LogP contribution in [-0.4, -0.2) is 0 Å². The third-order valence-corrected chi connectivity index (χ3v) is 2.13. The predicted molar refractivity (Wildman–Crippen MR) is 54.6 cm³/mol. The third kappa shape index (κ3) is 2.66. The predicted octanol–water partition coefficient (Wildman–Crippen LogP) is 3.64. The van der Waals surface area contributed by atoms with Crippen molar-refractivity contribution in [1.29, 1.82) is 0 Å². The van der Waals surface area contributed by atoms with Crippen molar-refractivity contribution < 1.29 is 8.78 Å². The van der Waals surface area contributed by atoms with E-state index in [0.717, 1.165) is 0 Å². The average molecular weight is 252 g/mol. The van der Waals surface area contributed by atoms with E-state index in [4.69, 9.17) is 5.73 Å².